The van der Waals surface area contributed by atoms with Crippen LogP contribution in [0.25, 0.3) is 0 Å². The molecule has 1 aliphatic heterocycles. The second kappa shape index (κ2) is 20.6. The van der Waals surface area contributed by atoms with Gasteiger partial charge in [-0.1, -0.05) is 80.9 Å². The number of amides is 3. The quantitative estimate of drug-likeness (QED) is 0.0960. The minimum atomic E-state index is -1.23. The molecule has 0 saturated carbocycles. The van der Waals surface area contributed by atoms with Crippen molar-refractivity contribution < 1.29 is 24.3 Å². The Bertz CT molecular complexity index is 1300. The molecule has 1 fully saturated rings. The van der Waals surface area contributed by atoms with Gasteiger partial charge in [0.1, 0.15) is 17.6 Å². The molecule has 3 unspecified atom stereocenters. The number of nitrogens with zero attached hydrogens (tertiary/aromatic N) is 1. The molecule has 12 heteroatoms. The van der Waals surface area contributed by atoms with Crippen molar-refractivity contribution in [2.45, 2.75) is 88.9 Å². The molecule has 3 rings (SSSR count). The molecule has 0 radical (unpaired) electrons. The Morgan fingerprint density at radius 3 is 2.06 bits per heavy atom. The van der Waals surface area contributed by atoms with E-state index in [9.17, 15) is 24.3 Å². The third-order valence-electron chi connectivity index (χ3n) is 9.00. The number of likely N-dealkylation sites (tertiary alicyclic amines) is 1. The van der Waals surface area contributed by atoms with Gasteiger partial charge in [-0.15, -0.1) is 0 Å². The zero-order valence-electron chi connectivity index (χ0n) is 29.2. The van der Waals surface area contributed by atoms with Crippen molar-refractivity contribution in [2.24, 2.45) is 17.4 Å². The van der Waals surface area contributed by atoms with Crippen LogP contribution in [0, 0.1) is 5.92 Å². The zero-order valence-corrected chi connectivity index (χ0v) is 29.2. The van der Waals surface area contributed by atoms with Crippen molar-refractivity contribution in [2.75, 3.05) is 39.3 Å². The van der Waals surface area contributed by atoms with Crippen molar-refractivity contribution in [1.29, 1.82) is 0 Å². The van der Waals surface area contributed by atoms with Crippen LogP contribution >= 0.6 is 0 Å². The van der Waals surface area contributed by atoms with Crippen LogP contribution in [0.15, 0.2) is 60.7 Å². The van der Waals surface area contributed by atoms with E-state index in [2.05, 4.69) is 26.2 Å². The number of hydrogen-bond acceptors (Lipinski definition) is 8. The van der Waals surface area contributed by atoms with E-state index in [4.69, 9.17) is 11.5 Å². The molecular weight excluding hydrogens is 622 g/mol. The third kappa shape index (κ3) is 14.3. The average molecular weight is 680 g/mol. The maximum atomic E-state index is 13.8. The summed E-state index contributed by atoms with van der Waals surface area (Å²) in [5.41, 5.74) is 12.6. The summed E-state index contributed by atoms with van der Waals surface area (Å²) in [6.45, 7) is 6.76. The van der Waals surface area contributed by atoms with E-state index in [1.54, 1.807) is 0 Å². The van der Waals surface area contributed by atoms with Gasteiger partial charge in [0.05, 0.1) is 6.54 Å². The number of piperidine rings is 1. The van der Waals surface area contributed by atoms with Gasteiger partial charge in [0.25, 0.3) is 0 Å². The number of nitrogens with one attached hydrogen (secondary N) is 4. The molecule has 3 amide bonds. The lowest BCUT2D eigenvalue weighted by Gasteiger charge is -2.38. The summed E-state index contributed by atoms with van der Waals surface area (Å²) in [4.78, 5) is 54.4. The SMILES string of the molecule is CC(C)CC(NC(=O)C(Cc1ccccc1)NC(=O)CNCCc1ccccc1)C(=O)NC(CCCCN)CN1CCC(N)(C(=O)O)CC1. The van der Waals surface area contributed by atoms with Crippen LogP contribution in [0.1, 0.15) is 63.5 Å². The van der Waals surface area contributed by atoms with Crippen LogP contribution in [-0.2, 0) is 32.0 Å². The summed E-state index contributed by atoms with van der Waals surface area (Å²) in [5, 5.41) is 21.7. The highest BCUT2D eigenvalue weighted by atomic mass is 16.4. The van der Waals surface area contributed by atoms with Gasteiger partial charge in [-0.25, -0.2) is 0 Å². The molecule has 9 N–H and O–H groups in total. The molecule has 49 heavy (non-hydrogen) atoms. The number of aliphatic carboxylic acids is 1. The zero-order chi connectivity index (χ0) is 35.6. The highest BCUT2D eigenvalue weighted by Gasteiger charge is 2.38. The van der Waals surface area contributed by atoms with Crippen molar-refractivity contribution in [1.82, 2.24) is 26.2 Å². The molecular formula is C37H57N7O5. The van der Waals surface area contributed by atoms with Gasteiger partial charge in [0.2, 0.25) is 17.7 Å². The Hall–Kier alpha value is -3.84. The van der Waals surface area contributed by atoms with E-state index in [0.717, 1.165) is 24.8 Å². The van der Waals surface area contributed by atoms with Gasteiger partial charge in [-0.05, 0) is 68.7 Å². The highest BCUT2D eigenvalue weighted by Crippen LogP contribution is 2.21. The summed E-state index contributed by atoms with van der Waals surface area (Å²) in [6.07, 6.45) is 4.44. The summed E-state index contributed by atoms with van der Waals surface area (Å²) >= 11 is 0. The van der Waals surface area contributed by atoms with Gasteiger partial charge in [0, 0.05) is 32.1 Å². The van der Waals surface area contributed by atoms with E-state index in [0.29, 0.717) is 58.4 Å². The number of carbonyl (C=O) groups excluding carboxylic acids is 3. The minimum absolute atomic E-state index is 0.0556. The first kappa shape index (κ1) is 39.6. The largest absolute Gasteiger partial charge is 0.480 e. The Balaban J connectivity index is 1.66. The van der Waals surface area contributed by atoms with Crippen LogP contribution in [0.3, 0.4) is 0 Å². The summed E-state index contributed by atoms with van der Waals surface area (Å²) in [6, 6.07) is 17.5. The number of nitrogens with two attached hydrogens (primary N) is 2. The molecule has 1 saturated heterocycles. The lowest BCUT2D eigenvalue weighted by molar-refractivity contribution is -0.145. The smallest absolute Gasteiger partial charge is 0.323 e. The van der Waals surface area contributed by atoms with Gasteiger partial charge in [-0.2, -0.15) is 0 Å². The monoisotopic (exact) mass is 679 g/mol. The van der Waals surface area contributed by atoms with E-state index in [1.165, 1.54) is 5.56 Å². The number of hydrogen-bond donors (Lipinski definition) is 7. The van der Waals surface area contributed by atoms with Gasteiger partial charge < -0.3 is 42.7 Å². The van der Waals surface area contributed by atoms with Crippen LogP contribution in [-0.4, -0.2) is 96.6 Å². The summed E-state index contributed by atoms with van der Waals surface area (Å²) < 4.78 is 0. The number of carboxylic acids is 1. The van der Waals surface area contributed by atoms with Crippen molar-refractivity contribution >= 4 is 23.7 Å². The Labute approximate surface area is 291 Å². The Kier molecular flexibility index (Phi) is 16.7. The molecule has 12 nitrogen and oxygen atoms in total. The highest BCUT2D eigenvalue weighted by molar-refractivity contribution is 5.92. The topological polar surface area (TPSA) is 192 Å². The lowest BCUT2D eigenvalue weighted by atomic mass is 9.88. The van der Waals surface area contributed by atoms with Gasteiger partial charge in [-0.3, -0.25) is 19.2 Å². The van der Waals surface area contributed by atoms with Crippen molar-refractivity contribution in [3.63, 3.8) is 0 Å². The van der Waals surface area contributed by atoms with E-state index < -0.39 is 29.5 Å². The number of benzene rings is 2. The first-order chi connectivity index (χ1) is 23.5. The Morgan fingerprint density at radius 1 is 0.857 bits per heavy atom. The predicted molar refractivity (Wildman–Crippen MR) is 192 cm³/mol. The summed E-state index contributed by atoms with van der Waals surface area (Å²) in [5.74, 6) is -1.90. The normalized spacial score (nSPS) is 16.3. The first-order valence-electron chi connectivity index (χ1n) is 17.6. The van der Waals surface area contributed by atoms with Crippen molar-refractivity contribution in [3.05, 3.63) is 71.8 Å². The van der Waals surface area contributed by atoms with Crippen LogP contribution in [0.5, 0.6) is 0 Å². The maximum absolute atomic E-state index is 13.8. The first-order valence-corrected chi connectivity index (χ1v) is 17.6. The molecule has 270 valence electrons. The fourth-order valence-corrected chi connectivity index (χ4v) is 6.07. The van der Waals surface area contributed by atoms with E-state index in [1.807, 2.05) is 74.5 Å². The Morgan fingerprint density at radius 2 is 1.47 bits per heavy atom. The number of carbonyl (C=O) groups is 4. The van der Waals surface area contributed by atoms with Gasteiger partial charge >= 0.3 is 5.97 Å². The van der Waals surface area contributed by atoms with Crippen LogP contribution < -0.4 is 32.7 Å². The number of rotatable bonds is 21. The predicted octanol–water partition coefficient (Wildman–Crippen LogP) is 1.57. The molecule has 3 atom stereocenters. The van der Waals surface area contributed by atoms with E-state index >= 15 is 0 Å². The number of unbranched alkanes of at least 4 members (excludes halogenated alkanes) is 1. The molecule has 0 spiro atoms. The third-order valence-corrected chi connectivity index (χ3v) is 9.00. The number of carboxylic acid groups (broad SMARTS) is 1. The molecule has 2 aromatic carbocycles. The standard InChI is InChI=1S/C37H57N7O5/c1-27(2)23-31(34(46)41-30(15-9-10-19-38)26-44-21-17-37(39,18-22-44)36(48)49)43-35(47)32(24-29-13-7-4-8-14-29)42-33(45)25-40-20-16-28-11-5-3-6-12-28/h3-8,11-14,27,30-32,40H,9-10,15-26,38-39H2,1-2H3,(H,41,46)(H,42,45)(H,43,47)(H,48,49). The second-order valence-electron chi connectivity index (χ2n) is 13.7. The fourth-order valence-electron chi connectivity index (χ4n) is 6.07. The molecule has 0 aromatic heterocycles. The maximum Gasteiger partial charge on any atom is 0.323 e. The molecule has 0 bridgehead atoms. The fraction of sp³-hybridized carbons (Fsp3) is 0.568. The van der Waals surface area contributed by atoms with E-state index in [-0.39, 0.29) is 36.7 Å². The van der Waals surface area contributed by atoms with Crippen LogP contribution in [0.4, 0.5) is 0 Å². The van der Waals surface area contributed by atoms with Crippen LogP contribution in [0.2, 0.25) is 0 Å². The lowest BCUT2D eigenvalue weighted by Crippen LogP contribution is -2.59. The molecule has 2 aromatic rings. The van der Waals surface area contributed by atoms with Crippen molar-refractivity contribution in [3.8, 4) is 0 Å². The minimum Gasteiger partial charge on any atom is -0.480 e. The summed E-state index contributed by atoms with van der Waals surface area (Å²) in [7, 11) is 0. The second-order valence-corrected chi connectivity index (χ2v) is 13.7. The molecule has 0 aliphatic carbocycles. The average Bonchev–Trinajstić information content (AvgIpc) is 3.08. The van der Waals surface area contributed by atoms with Gasteiger partial charge in [0.15, 0.2) is 0 Å². The molecule has 1 aliphatic rings. The molecule has 1 heterocycles.